The van der Waals surface area contributed by atoms with E-state index in [4.69, 9.17) is 4.74 Å². The van der Waals surface area contributed by atoms with E-state index in [0.717, 1.165) is 23.8 Å². The molecule has 0 aliphatic carbocycles. The minimum absolute atomic E-state index is 0.154. The molecule has 126 valence electrons. The van der Waals surface area contributed by atoms with Crippen LogP contribution in [0.5, 0.6) is 0 Å². The number of thioether (sulfide) groups is 1. The molecule has 2 aromatic rings. The van der Waals surface area contributed by atoms with Crippen molar-refractivity contribution in [2.75, 3.05) is 26.3 Å². The molecular weight excluding hydrogens is 332 g/mol. The predicted molar refractivity (Wildman–Crippen MR) is 102 cm³/mol. The Hall–Kier alpha value is -2.37. The summed E-state index contributed by atoms with van der Waals surface area (Å²) < 4.78 is 5.35. The van der Waals surface area contributed by atoms with E-state index in [1.807, 2.05) is 36.4 Å². The Morgan fingerprint density at radius 1 is 0.960 bits per heavy atom. The van der Waals surface area contributed by atoms with E-state index in [9.17, 15) is 4.79 Å². The first-order valence-corrected chi connectivity index (χ1v) is 9.12. The van der Waals surface area contributed by atoms with Gasteiger partial charge in [0, 0.05) is 13.1 Å². The zero-order valence-electron chi connectivity index (χ0n) is 13.7. The Morgan fingerprint density at radius 3 is 2.36 bits per heavy atom. The summed E-state index contributed by atoms with van der Waals surface area (Å²) in [4.78, 5) is 19.2. The summed E-state index contributed by atoms with van der Waals surface area (Å²) in [6.45, 7) is 2.96. The Balaban J connectivity index is 1.49. The molecule has 0 radical (unpaired) electrons. The van der Waals surface area contributed by atoms with E-state index in [0.29, 0.717) is 18.1 Å². The third-order valence-corrected chi connectivity index (χ3v) is 5.25. The largest absolute Gasteiger partial charge is 0.378 e. The molecule has 25 heavy (non-hydrogen) atoms. The Bertz CT molecular complexity index is 823. The zero-order valence-corrected chi connectivity index (χ0v) is 14.5. The van der Waals surface area contributed by atoms with Crippen LogP contribution in [0.15, 0.2) is 64.5 Å². The van der Waals surface area contributed by atoms with Crippen LogP contribution in [0, 0.1) is 0 Å². The molecule has 4 rings (SSSR count). The number of benzene rings is 2. The van der Waals surface area contributed by atoms with Crippen LogP contribution in [0.25, 0.3) is 17.2 Å². The van der Waals surface area contributed by atoms with Gasteiger partial charge in [0.1, 0.15) is 0 Å². The van der Waals surface area contributed by atoms with Crippen LogP contribution in [0.2, 0.25) is 0 Å². The third-order valence-electron chi connectivity index (χ3n) is 4.21. The summed E-state index contributed by atoms with van der Waals surface area (Å²) in [6.07, 6.45) is 1.92. The standard InChI is InChI=1S/C20H18N2O2S/c23-19-18(25-20(21-19)22-10-12-24-13-11-22)14-15-6-8-17(9-7-15)16-4-2-1-3-5-16/h1-9,14H,10-13H2/b18-14+. The number of ether oxygens (including phenoxy) is 1. The van der Waals surface area contributed by atoms with Gasteiger partial charge in [-0.05, 0) is 34.5 Å². The zero-order chi connectivity index (χ0) is 17.1. The molecular formula is C20H18N2O2S. The van der Waals surface area contributed by atoms with Crippen LogP contribution < -0.4 is 0 Å². The molecule has 2 heterocycles. The fourth-order valence-corrected chi connectivity index (χ4v) is 3.81. The molecule has 5 heteroatoms. The lowest BCUT2D eigenvalue weighted by molar-refractivity contribution is -0.113. The Morgan fingerprint density at radius 2 is 1.64 bits per heavy atom. The fraction of sp³-hybridized carbons (Fsp3) is 0.200. The normalized spacial score (nSPS) is 19.4. The van der Waals surface area contributed by atoms with E-state index in [2.05, 4.69) is 34.2 Å². The van der Waals surface area contributed by atoms with Crippen LogP contribution in [0.1, 0.15) is 5.56 Å². The highest BCUT2D eigenvalue weighted by Gasteiger charge is 2.27. The van der Waals surface area contributed by atoms with Gasteiger partial charge in [-0.3, -0.25) is 4.79 Å². The fourth-order valence-electron chi connectivity index (χ4n) is 2.84. The van der Waals surface area contributed by atoms with Crippen molar-refractivity contribution >= 4 is 28.9 Å². The summed E-state index contributed by atoms with van der Waals surface area (Å²) >= 11 is 1.45. The van der Waals surface area contributed by atoms with E-state index in [1.54, 1.807) is 0 Å². The maximum Gasteiger partial charge on any atom is 0.286 e. The molecule has 0 bridgehead atoms. The number of carbonyl (C=O) groups excluding carboxylic acids is 1. The van der Waals surface area contributed by atoms with E-state index >= 15 is 0 Å². The summed E-state index contributed by atoms with van der Waals surface area (Å²) in [5.41, 5.74) is 3.36. The van der Waals surface area contributed by atoms with Crippen molar-refractivity contribution < 1.29 is 9.53 Å². The van der Waals surface area contributed by atoms with Gasteiger partial charge in [-0.25, -0.2) is 0 Å². The lowest BCUT2D eigenvalue weighted by Crippen LogP contribution is -2.38. The molecule has 0 aromatic heterocycles. The van der Waals surface area contributed by atoms with Crippen molar-refractivity contribution in [3.63, 3.8) is 0 Å². The highest BCUT2D eigenvalue weighted by atomic mass is 32.2. The topological polar surface area (TPSA) is 41.9 Å². The van der Waals surface area contributed by atoms with Gasteiger partial charge in [-0.15, -0.1) is 0 Å². The Labute approximate surface area is 151 Å². The van der Waals surface area contributed by atoms with Crippen molar-refractivity contribution in [2.24, 2.45) is 4.99 Å². The molecule has 1 fully saturated rings. The second-order valence-corrected chi connectivity index (χ2v) is 6.91. The molecule has 2 aliphatic heterocycles. The summed E-state index contributed by atoms with van der Waals surface area (Å²) in [5.74, 6) is -0.154. The molecule has 4 nitrogen and oxygen atoms in total. The predicted octanol–water partition coefficient (Wildman–Crippen LogP) is 3.66. The average molecular weight is 350 g/mol. The second kappa shape index (κ2) is 7.25. The number of aliphatic imine (C=N–C) groups is 1. The van der Waals surface area contributed by atoms with Gasteiger partial charge in [0.25, 0.3) is 5.91 Å². The number of amidine groups is 1. The van der Waals surface area contributed by atoms with Gasteiger partial charge >= 0.3 is 0 Å². The highest BCUT2D eigenvalue weighted by Crippen LogP contribution is 2.31. The number of hydrogen-bond donors (Lipinski definition) is 0. The number of hydrogen-bond acceptors (Lipinski definition) is 4. The van der Waals surface area contributed by atoms with E-state index in [1.165, 1.54) is 22.9 Å². The van der Waals surface area contributed by atoms with Crippen molar-refractivity contribution in [2.45, 2.75) is 0 Å². The first-order chi connectivity index (χ1) is 12.3. The monoisotopic (exact) mass is 350 g/mol. The molecule has 0 N–H and O–H groups in total. The number of rotatable bonds is 2. The molecule has 2 aromatic carbocycles. The van der Waals surface area contributed by atoms with Crippen LogP contribution in [-0.4, -0.2) is 42.3 Å². The van der Waals surface area contributed by atoms with Crippen LogP contribution >= 0.6 is 11.8 Å². The van der Waals surface area contributed by atoms with E-state index < -0.39 is 0 Å². The first kappa shape index (κ1) is 16.1. The lowest BCUT2D eigenvalue weighted by atomic mass is 10.0. The number of morpholine rings is 1. The van der Waals surface area contributed by atoms with Crippen LogP contribution in [0.4, 0.5) is 0 Å². The van der Waals surface area contributed by atoms with Gasteiger partial charge < -0.3 is 9.64 Å². The number of nitrogens with zero attached hydrogens (tertiary/aromatic N) is 2. The number of carbonyl (C=O) groups is 1. The summed E-state index contributed by atoms with van der Waals surface area (Å²) in [7, 11) is 0. The van der Waals surface area contributed by atoms with E-state index in [-0.39, 0.29) is 5.91 Å². The maximum atomic E-state index is 12.2. The Kier molecular flexibility index (Phi) is 4.68. The molecule has 0 spiro atoms. The molecule has 0 unspecified atom stereocenters. The maximum absolute atomic E-state index is 12.2. The summed E-state index contributed by atoms with van der Waals surface area (Å²) in [6, 6.07) is 18.5. The molecule has 0 saturated carbocycles. The van der Waals surface area contributed by atoms with Gasteiger partial charge in [-0.1, -0.05) is 54.6 Å². The van der Waals surface area contributed by atoms with Crippen molar-refractivity contribution in [1.82, 2.24) is 4.90 Å². The van der Waals surface area contributed by atoms with Crippen molar-refractivity contribution in [1.29, 1.82) is 0 Å². The first-order valence-electron chi connectivity index (χ1n) is 8.30. The molecule has 0 atom stereocenters. The minimum Gasteiger partial charge on any atom is -0.378 e. The molecule has 1 saturated heterocycles. The minimum atomic E-state index is -0.154. The smallest absolute Gasteiger partial charge is 0.286 e. The van der Waals surface area contributed by atoms with Crippen LogP contribution in [0.3, 0.4) is 0 Å². The summed E-state index contributed by atoms with van der Waals surface area (Å²) in [5, 5.41) is 0.792. The van der Waals surface area contributed by atoms with Crippen molar-refractivity contribution in [3.05, 3.63) is 65.1 Å². The third kappa shape index (κ3) is 3.67. The van der Waals surface area contributed by atoms with Crippen LogP contribution in [-0.2, 0) is 9.53 Å². The number of amides is 1. The molecule has 2 aliphatic rings. The van der Waals surface area contributed by atoms with Gasteiger partial charge in [0.2, 0.25) is 0 Å². The average Bonchev–Trinajstić information content (AvgIpc) is 3.04. The SMILES string of the molecule is O=C1N=C(N2CCOCC2)S/C1=C/c1ccc(-c2ccccc2)cc1. The lowest BCUT2D eigenvalue weighted by Gasteiger charge is -2.27. The highest BCUT2D eigenvalue weighted by molar-refractivity contribution is 8.18. The van der Waals surface area contributed by atoms with Crippen molar-refractivity contribution in [3.8, 4) is 11.1 Å². The second-order valence-electron chi connectivity index (χ2n) is 5.90. The quantitative estimate of drug-likeness (QED) is 0.775. The van der Waals surface area contributed by atoms with Gasteiger partial charge in [0.05, 0.1) is 18.1 Å². The molecule has 1 amide bonds. The van der Waals surface area contributed by atoms with Gasteiger partial charge in [-0.2, -0.15) is 4.99 Å². The van der Waals surface area contributed by atoms with Gasteiger partial charge in [0.15, 0.2) is 5.17 Å².